The maximum Gasteiger partial charge on any atom is 0.407 e. The Kier molecular flexibility index (Phi) is 12.4. The summed E-state index contributed by atoms with van der Waals surface area (Å²) < 4.78 is 62.4. The smallest absolute Gasteiger partial charge is 0.407 e. The number of aliphatic hydroxyl groups is 1. The Hall–Kier alpha value is -3.83. The van der Waals surface area contributed by atoms with E-state index in [1.807, 2.05) is 26.0 Å². The van der Waals surface area contributed by atoms with E-state index in [9.17, 15) is 23.1 Å². The van der Waals surface area contributed by atoms with Crippen LogP contribution in [0.3, 0.4) is 0 Å². The van der Waals surface area contributed by atoms with Crippen LogP contribution in [0, 0.1) is 11.8 Å². The zero-order chi connectivity index (χ0) is 35.0. The summed E-state index contributed by atoms with van der Waals surface area (Å²) in [5.74, 6) is 1.25. The molecule has 0 radical (unpaired) electrons. The van der Waals surface area contributed by atoms with E-state index in [1.165, 1.54) is 16.4 Å². The lowest BCUT2D eigenvalue weighted by Gasteiger charge is -2.31. The summed E-state index contributed by atoms with van der Waals surface area (Å²) in [6.07, 6.45) is -1.49. The molecule has 2 aromatic carbocycles. The number of carbonyl (C=O) groups excluding carboxylic acids is 2. The van der Waals surface area contributed by atoms with Crippen LogP contribution in [-0.4, -0.2) is 108 Å². The molecule has 0 spiro atoms. The summed E-state index contributed by atoms with van der Waals surface area (Å²) in [5, 5.41) is 19.6. The van der Waals surface area contributed by atoms with Gasteiger partial charge in [-0.2, -0.15) is 4.31 Å². The first-order valence-corrected chi connectivity index (χ1v) is 17.9. The second-order valence-electron chi connectivity index (χ2n) is 12.6. The summed E-state index contributed by atoms with van der Waals surface area (Å²) in [6, 6.07) is 10.4. The normalized spacial score (nSPS) is 20.9. The molecular weight excluding hydrogens is 660 g/mol. The maximum atomic E-state index is 13.9. The number of carbonyl (C=O) groups is 2. The fraction of sp³-hybridized carbons (Fsp3) is 0.576. The number of hydrogen-bond acceptors (Lipinski definition) is 11. The van der Waals surface area contributed by atoms with Crippen LogP contribution >= 0.6 is 0 Å². The van der Waals surface area contributed by atoms with Gasteiger partial charge in [-0.05, 0) is 55.0 Å². The Labute approximate surface area is 286 Å². The summed E-state index contributed by atoms with van der Waals surface area (Å²) >= 11 is 0. The highest BCUT2D eigenvalue weighted by molar-refractivity contribution is 7.89. The van der Waals surface area contributed by atoms with Gasteiger partial charge in [0.1, 0.15) is 11.9 Å². The minimum atomic E-state index is -4.08. The van der Waals surface area contributed by atoms with Crippen molar-refractivity contribution in [3.8, 4) is 17.2 Å². The van der Waals surface area contributed by atoms with Gasteiger partial charge in [0.2, 0.25) is 16.8 Å². The topological polar surface area (TPSA) is 183 Å². The lowest BCUT2D eigenvalue weighted by molar-refractivity contribution is -0.0907. The number of nitrogens with zero attached hydrogens (tertiary/aromatic N) is 1. The first-order valence-electron chi connectivity index (χ1n) is 16.5. The van der Waals surface area contributed by atoms with Crippen LogP contribution in [0.5, 0.6) is 17.2 Å². The molecule has 0 saturated carbocycles. The first-order chi connectivity index (χ1) is 23.5. The van der Waals surface area contributed by atoms with Gasteiger partial charge in [0.15, 0.2) is 17.8 Å². The van der Waals surface area contributed by atoms with Gasteiger partial charge in [0.05, 0.1) is 42.8 Å². The van der Waals surface area contributed by atoms with E-state index in [0.29, 0.717) is 49.8 Å². The molecule has 0 aliphatic carbocycles. The number of sulfonamides is 1. The zero-order valence-corrected chi connectivity index (χ0v) is 28.8. The highest BCUT2D eigenvalue weighted by atomic mass is 32.2. The van der Waals surface area contributed by atoms with Crippen LogP contribution in [0.15, 0.2) is 47.4 Å². The third-order valence-corrected chi connectivity index (χ3v) is 10.3. The van der Waals surface area contributed by atoms with Crippen LogP contribution in [0.25, 0.3) is 0 Å². The average Bonchev–Trinajstić information content (AvgIpc) is 3.83. The van der Waals surface area contributed by atoms with Crippen molar-refractivity contribution in [3.63, 3.8) is 0 Å². The van der Waals surface area contributed by atoms with Crippen LogP contribution in [0.4, 0.5) is 9.59 Å². The monoisotopic (exact) mass is 706 g/mol. The Morgan fingerprint density at radius 3 is 2.59 bits per heavy atom. The predicted octanol–water partition coefficient (Wildman–Crippen LogP) is 2.22. The van der Waals surface area contributed by atoms with Crippen LogP contribution in [-0.2, 0) is 30.7 Å². The number of aliphatic hydroxyl groups excluding tert-OH is 1. The fourth-order valence-corrected chi connectivity index (χ4v) is 7.52. The Morgan fingerprint density at radius 1 is 1.06 bits per heavy atom. The molecule has 3 aliphatic heterocycles. The van der Waals surface area contributed by atoms with Gasteiger partial charge in [-0.15, -0.1) is 0 Å². The lowest BCUT2D eigenvalue weighted by Crippen LogP contribution is -2.51. The van der Waals surface area contributed by atoms with Crippen molar-refractivity contribution in [2.45, 2.75) is 62.5 Å². The zero-order valence-electron chi connectivity index (χ0n) is 28.0. The average molecular weight is 707 g/mol. The number of rotatable bonds is 16. The summed E-state index contributed by atoms with van der Waals surface area (Å²) in [7, 11) is -2.53. The summed E-state index contributed by atoms with van der Waals surface area (Å²) in [5.41, 5.74) is 0.764. The predicted molar refractivity (Wildman–Crippen MR) is 176 cm³/mol. The molecule has 0 aromatic heterocycles. The fourth-order valence-electron chi connectivity index (χ4n) is 5.88. The van der Waals surface area contributed by atoms with Crippen molar-refractivity contribution in [1.82, 2.24) is 20.3 Å². The third kappa shape index (κ3) is 9.66. The van der Waals surface area contributed by atoms with Crippen molar-refractivity contribution in [2.75, 3.05) is 53.3 Å². The molecule has 270 valence electrons. The summed E-state index contributed by atoms with van der Waals surface area (Å²) in [4.78, 5) is 24.5. The molecule has 49 heavy (non-hydrogen) atoms. The van der Waals surface area contributed by atoms with Gasteiger partial charge >= 0.3 is 12.1 Å². The van der Waals surface area contributed by atoms with E-state index in [2.05, 4.69) is 16.0 Å². The van der Waals surface area contributed by atoms with Crippen LogP contribution in [0.2, 0.25) is 0 Å². The van der Waals surface area contributed by atoms with Gasteiger partial charge in [0, 0.05) is 32.7 Å². The summed E-state index contributed by atoms with van der Waals surface area (Å²) in [6.45, 7) is 5.17. The Balaban J connectivity index is 1.28. The molecule has 2 saturated heterocycles. The number of urea groups is 1. The van der Waals surface area contributed by atoms with Crippen molar-refractivity contribution < 1.29 is 51.5 Å². The number of fused-ring (bicyclic) bond motifs is 2. The van der Waals surface area contributed by atoms with E-state index < -0.39 is 40.7 Å². The van der Waals surface area contributed by atoms with Crippen LogP contribution < -0.4 is 30.2 Å². The van der Waals surface area contributed by atoms with E-state index in [1.54, 1.807) is 25.2 Å². The molecule has 15 nitrogen and oxygen atoms in total. The highest BCUT2D eigenvalue weighted by Gasteiger charge is 2.44. The minimum Gasteiger partial charge on any atom is -0.494 e. The van der Waals surface area contributed by atoms with Gasteiger partial charge in [-0.1, -0.05) is 26.0 Å². The number of hydrogen-bond donors (Lipinski definition) is 4. The number of ether oxygens (including phenoxy) is 6. The van der Waals surface area contributed by atoms with E-state index in [0.717, 1.165) is 5.56 Å². The first kappa shape index (κ1) is 36.5. The highest BCUT2D eigenvalue weighted by Crippen LogP contribution is 2.35. The quantitative estimate of drug-likeness (QED) is 0.188. The number of alkyl carbamates (subject to hydrolysis) is 1. The van der Waals surface area contributed by atoms with E-state index in [-0.39, 0.29) is 55.7 Å². The molecule has 3 heterocycles. The molecule has 0 unspecified atom stereocenters. The molecule has 5 rings (SSSR count). The molecule has 4 N–H and O–H groups in total. The minimum absolute atomic E-state index is 0.00181. The largest absolute Gasteiger partial charge is 0.494 e. The molecule has 2 aromatic rings. The SMILES string of the molecule is CNC(=O)NCCCOc1ccc(C[C@H](NC(=O)O[C@H]2CO[C@H]3OCC[C@H]32)[C@H](O)CN(CC(C)C)S(=O)(=O)c2ccc3c(c2)OCO3)cc1. The van der Waals surface area contributed by atoms with Gasteiger partial charge < -0.3 is 49.5 Å². The Bertz CT molecular complexity index is 1520. The Morgan fingerprint density at radius 2 is 1.84 bits per heavy atom. The second kappa shape index (κ2) is 16.7. The second-order valence-corrected chi connectivity index (χ2v) is 14.5. The number of nitrogens with one attached hydrogen (secondary N) is 3. The molecule has 2 fully saturated rings. The molecule has 0 bridgehead atoms. The molecular formula is C33H46N4O11S. The van der Waals surface area contributed by atoms with E-state index >= 15 is 0 Å². The molecule has 3 aliphatic rings. The molecule has 3 amide bonds. The third-order valence-electron chi connectivity index (χ3n) is 8.43. The maximum absolute atomic E-state index is 13.9. The van der Waals surface area contributed by atoms with Gasteiger partial charge in [0.25, 0.3) is 0 Å². The number of benzene rings is 2. The number of amides is 3. The van der Waals surface area contributed by atoms with E-state index in [4.69, 9.17) is 28.4 Å². The van der Waals surface area contributed by atoms with Gasteiger partial charge in [-0.3, -0.25) is 0 Å². The molecule has 16 heteroatoms. The lowest BCUT2D eigenvalue weighted by atomic mass is 10.0. The van der Waals surface area contributed by atoms with Crippen LogP contribution in [0.1, 0.15) is 32.3 Å². The standard InChI is InChI=1S/C33H46N4O11S/c1-21(2)17-37(49(41,42)24-9-10-28-29(16-24)47-20-46-28)18-27(38)26(36-33(40)48-30-19-45-31-25(30)11-14-44-31)15-22-5-7-23(8-6-22)43-13-4-12-35-32(39)34-3/h5-10,16,21,25-27,30-31,38H,4,11-15,17-20H2,1-3H3,(H,36,40)(H2,34,35,39)/t25-,26-,27+,30-,31+/m0/s1. The van der Waals surface area contributed by atoms with Crippen molar-refractivity contribution >= 4 is 22.1 Å². The van der Waals surface area contributed by atoms with Crippen molar-refractivity contribution in [3.05, 3.63) is 48.0 Å². The van der Waals surface area contributed by atoms with Crippen molar-refractivity contribution in [1.29, 1.82) is 0 Å². The molecule has 5 atom stereocenters. The van der Waals surface area contributed by atoms with Crippen molar-refractivity contribution in [2.24, 2.45) is 11.8 Å². The van der Waals surface area contributed by atoms with Gasteiger partial charge in [-0.25, -0.2) is 18.0 Å².